The monoisotopic (exact) mass is 631 g/mol. The number of anilines is 2. The van der Waals surface area contributed by atoms with Crippen LogP contribution in [0.4, 0.5) is 29.6 Å². The van der Waals surface area contributed by atoms with E-state index in [1.165, 1.54) is 4.52 Å². The first kappa shape index (κ1) is 31.6. The van der Waals surface area contributed by atoms with Gasteiger partial charge in [0.15, 0.2) is 11.6 Å². The third-order valence-corrected chi connectivity index (χ3v) is 7.31. The molecule has 14 nitrogen and oxygen atoms in total. The zero-order chi connectivity index (χ0) is 32.1. The van der Waals surface area contributed by atoms with Crippen molar-refractivity contribution in [3.05, 3.63) is 48.3 Å². The summed E-state index contributed by atoms with van der Waals surface area (Å²) in [4.78, 5) is 49.9. The van der Waals surface area contributed by atoms with Gasteiger partial charge in [-0.2, -0.15) is 13.2 Å². The largest absolute Gasteiger partial charge is 0.453 e. The molecule has 17 heteroatoms. The Morgan fingerprint density at radius 2 is 1.93 bits per heavy atom. The molecule has 2 N–H and O–H groups in total. The molecule has 2 fully saturated rings. The van der Waals surface area contributed by atoms with Gasteiger partial charge in [-0.05, 0) is 30.2 Å². The number of halogens is 3. The Bertz CT molecular complexity index is 1590. The number of hydrogen-bond donors (Lipinski definition) is 2. The zero-order valence-electron chi connectivity index (χ0n) is 24.5. The number of rotatable bonds is 8. The fourth-order valence-electron chi connectivity index (χ4n) is 5.14. The number of amides is 3. The number of nitrogens with one attached hydrogen (secondary N) is 2. The molecule has 2 aliphatic rings. The molecule has 0 radical (unpaired) electrons. The number of hydrogen-bond acceptors (Lipinski definition) is 10. The van der Waals surface area contributed by atoms with Crippen molar-refractivity contribution in [2.75, 3.05) is 69.9 Å². The lowest BCUT2D eigenvalue weighted by molar-refractivity contribution is -0.137. The minimum atomic E-state index is -4.81. The van der Waals surface area contributed by atoms with Crippen LogP contribution in [0.2, 0.25) is 0 Å². The standard InChI is InChI=1S/C28H32F3N9O5/c1-3-23(41)33-14-24(42)39-6-4-5-37(17-39)15-18-11-21-26(38-7-9-45-10-8-38)35-25(36-40(21)16-18)19-13-32-22(34-27(43)44-2)12-20(19)28(29,30)31/h3,11-13,16H,1,4-10,14-15,17H2,2H3,(H,33,41)(H,32,34,43). The SMILES string of the molecule is C=CC(=O)NCC(=O)N1CCCN(Cc2cc3c(N4CCOCC4)nc(-c4cnc(NC(=O)OC)cc4C(F)(F)F)nn3c2)C1. The number of nitrogens with zero attached hydrogens (tertiary/aromatic N) is 7. The lowest BCUT2D eigenvalue weighted by Gasteiger charge is -2.35. The predicted octanol–water partition coefficient (Wildman–Crippen LogP) is 2.12. The van der Waals surface area contributed by atoms with Gasteiger partial charge < -0.3 is 24.6 Å². The average molecular weight is 632 g/mol. The molecule has 0 unspecified atom stereocenters. The predicted molar refractivity (Wildman–Crippen MR) is 155 cm³/mol. The zero-order valence-corrected chi connectivity index (χ0v) is 24.5. The van der Waals surface area contributed by atoms with Crippen molar-refractivity contribution in [3.63, 3.8) is 0 Å². The second kappa shape index (κ2) is 13.5. The summed E-state index contributed by atoms with van der Waals surface area (Å²) < 4.78 is 54.2. The van der Waals surface area contributed by atoms with E-state index in [9.17, 15) is 27.6 Å². The number of alkyl halides is 3. The fourth-order valence-corrected chi connectivity index (χ4v) is 5.14. The van der Waals surface area contributed by atoms with Gasteiger partial charge in [-0.1, -0.05) is 6.58 Å². The van der Waals surface area contributed by atoms with E-state index in [1.807, 2.05) is 11.0 Å². The highest BCUT2D eigenvalue weighted by molar-refractivity contribution is 5.90. The minimum Gasteiger partial charge on any atom is -0.453 e. The summed E-state index contributed by atoms with van der Waals surface area (Å²) in [6, 6.07) is 2.59. The summed E-state index contributed by atoms with van der Waals surface area (Å²) in [5.74, 6) is -0.752. The number of pyridine rings is 1. The van der Waals surface area contributed by atoms with Crippen molar-refractivity contribution in [2.45, 2.75) is 19.1 Å². The van der Waals surface area contributed by atoms with Crippen LogP contribution in [0, 0.1) is 0 Å². The maximum Gasteiger partial charge on any atom is 0.417 e. The maximum atomic E-state index is 14.2. The van der Waals surface area contributed by atoms with E-state index in [1.54, 1.807) is 11.1 Å². The quantitative estimate of drug-likeness (QED) is 0.355. The highest BCUT2D eigenvalue weighted by atomic mass is 19.4. The van der Waals surface area contributed by atoms with Gasteiger partial charge in [0.05, 0.1) is 44.7 Å². The van der Waals surface area contributed by atoms with Gasteiger partial charge in [0.1, 0.15) is 11.3 Å². The molecule has 45 heavy (non-hydrogen) atoms. The third kappa shape index (κ3) is 7.49. The van der Waals surface area contributed by atoms with Crippen molar-refractivity contribution in [1.29, 1.82) is 0 Å². The highest BCUT2D eigenvalue weighted by Gasteiger charge is 2.36. The summed E-state index contributed by atoms with van der Waals surface area (Å²) >= 11 is 0. The fraction of sp³-hybridized carbons (Fsp3) is 0.429. The average Bonchev–Trinajstić information content (AvgIpc) is 3.45. The van der Waals surface area contributed by atoms with E-state index in [-0.39, 0.29) is 29.7 Å². The Balaban J connectivity index is 1.46. The summed E-state index contributed by atoms with van der Waals surface area (Å²) in [7, 11) is 1.09. The molecule has 0 saturated carbocycles. The number of morpholine rings is 1. The van der Waals surface area contributed by atoms with E-state index in [4.69, 9.17) is 4.74 Å². The molecule has 0 atom stereocenters. The van der Waals surface area contributed by atoms with Gasteiger partial charge in [-0.3, -0.25) is 19.8 Å². The van der Waals surface area contributed by atoms with Crippen molar-refractivity contribution in [3.8, 4) is 11.4 Å². The first-order chi connectivity index (χ1) is 21.5. The van der Waals surface area contributed by atoms with Crippen LogP contribution in [-0.4, -0.2) is 107 Å². The Morgan fingerprint density at radius 3 is 2.64 bits per heavy atom. The maximum absolute atomic E-state index is 14.2. The third-order valence-electron chi connectivity index (χ3n) is 7.31. The molecule has 240 valence electrons. The molecule has 3 aromatic heterocycles. The van der Waals surface area contributed by atoms with Crippen molar-refractivity contribution in [2.24, 2.45) is 0 Å². The van der Waals surface area contributed by atoms with Crippen LogP contribution in [-0.2, 0) is 31.8 Å². The molecule has 3 amide bonds. The molecule has 5 rings (SSSR count). The van der Waals surface area contributed by atoms with Crippen molar-refractivity contribution >= 4 is 35.1 Å². The Morgan fingerprint density at radius 1 is 1.16 bits per heavy atom. The summed E-state index contributed by atoms with van der Waals surface area (Å²) in [6.07, 6.45) is -1.24. The Labute approximate surface area is 255 Å². The molecular formula is C28H32F3N9O5. The lowest BCUT2D eigenvalue weighted by atomic mass is 10.1. The highest BCUT2D eigenvalue weighted by Crippen LogP contribution is 2.38. The second-order valence-corrected chi connectivity index (χ2v) is 10.4. The van der Waals surface area contributed by atoms with Gasteiger partial charge in [0, 0.05) is 45.1 Å². The number of carbonyl (C=O) groups is 3. The number of aromatic nitrogens is 4. The van der Waals surface area contributed by atoms with E-state index in [0.717, 1.165) is 37.9 Å². The summed E-state index contributed by atoms with van der Waals surface area (Å²) in [5, 5.41) is 9.10. The van der Waals surface area contributed by atoms with E-state index >= 15 is 0 Å². The molecule has 2 aliphatic heterocycles. The Kier molecular flexibility index (Phi) is 9.48. The van der Waals surface area contributed by atoms with E-state index < -0.39 is 23.7 Å². The van der Waals surface area contributed by atoms with Gasteiger partial charge in [0.2, 0.25) is 11.8 Å². The minimum absolute atomic E-state index is 0.134. The van der Waals surface area contributed by atoms with Gasteiger partial charge in [-0.15, -0.1) is 5.10 Å². The molecule has 0 bridgehead atoms. The van der Waals surface area contributed by atoms with Gasteiger partial charge in [0.25, 0.3) is 0 Å². The van der Waals surface area contributed by atoms with Crippen LogP contribution in [0.3, 0.4) is 0 Å². The Hall–Kier alpha value is -4.77. The van der Waals surface area contributed by atoms with E-state index in [2.05, 4.69) is 41.9 Å². The normalized spacial score (nSPS) is 16.0. The van der Waals surface area contributed by atoms with Crippen LogP contribution in [0.5, 0.6) is 0 Å². The van der Waals surface area contributed by atoms with Crippen LogP contribution < -0.4 is 15.5 Å². The van der Waals surface area contributed by atoms with Crippen LogP contribution in [0.15, 0.2) is 37.2 Å². The summed E-state index contributed by atoms with van der Waals surface area (Å²) in [6.45, 7) is 7.10. The first-order valence-electron chi connectivity index (χ1n) is 14.1. The number of methoxy groups -OCH3 is 1. The van der Waals surface area contributed by atoms with Gasteiger partial charge >= 0.3 is 12.3 Å². The van der Waals surface area contributed by atoms with Crippen LogP contribution in [0.25, 0.3) is 16.9 Å². The molecule has 0 spiro atoms. The van der Waals surface area contributed by atoms with Crippen LogP contribution >= 0.6 is 0 Å². The first-order valence-corrected chi connectivity index (χ1v) is 14.1. The van der Waals surface area contributed by atoms with Crippen molar-refractivity contribution < 1.29 is 37.0 Å². The number of ether oxygens (including phenoxy) is 2. The second-order valence-electron chi connectivity index (χ2n) is 10.4. The number of carbonyl (C=O) groups excluding carboxylic acids is 3. The number of fused-ring (bicyclic) bond motifs is 1. The van der Waals surface area contributed by atoms with Crippen LogP contribution in [0.1, 0.15) is 17.5 Å². The molecule has 0 aliphatic carbocycles. The molecule has 2 saturated heterocycles. The lowest BCUT2D eigenvalue weighted by Crippen LogP contribution is -2.49. The van der Waals surface area contributed by atoms with Crippen molar-refractivity contribution in [1.82, 2.24) is 34.7 Å². The molecule has 3 aromatic rings. The van der Waals surface area contributed by atoms with Gasteiger partial charge in [-0.25, -0.2) is 19.3 Å². The summed E-state index contributed by atoms with van der Waals surface area (Å²) in [5.41, 5.74) is -0.0283. The molecule has 5 heterocycles. The van der Waals surface area contributed by atoms with E-state index in [0.29, 0.717) is 63.5 Å². The topological polar surface area (TPSA) is 147 Å². The molecule has 0 aromatic carbocycles. The smallest absolute Gasteiger partial charge is 0.417 e. The molecular weight excluding hydrogens is 599 g/mol.